The molecule has 7 heteroatoms. The molecule has 0 unspecified atom stereocenters. The van der Waals surface area contributed by atoms with E-state index in [1.165, 1.54) is 23.5 Å². The maximum absolute atomic E-state index is 12.9. The number of amides is 1. The molecule has 0 bridgehead atoms. The van der Waals surface area contributed by atoms with E-state index in [-0.39, 0.29) is 30.5 Å². The van der Waals surface area contributed by atoms with Gasteiger partial charge in [0.05, 0.1) is 11.4 Å². The molecule has 1 aromatic heterocycles. The number of carbonyl (C=O) groups is 2. The van der Waals surface area contributed by atoms with Crippen molar-refractivity contribution >= 4 is 34.8 Å². The number of halogens is 2. The van der Waals surface area contributed by atoms with Gasteiger partial charge in [0.25, 0.3) is 5.91 Å². The molecule has 1 aromatic carbocycles. The van der Waals surface area contributed by atoms with E-state index in [4.69, 9.17) is 16.3 Å². The summed E-state index contributed by atoms with van der Waals surface area (Å²) in [6.07, 6.45) is 0.0503. The highest BCUT2D eigenvalue weighted by Gasteiger charge is 2.09. The predicted octanol–water partition coefficient (Wildman–Crippen LogP) is 3.40. The minimum absolute atomic E-state index is 0.0313. The Kier molecular flexibility index (Phi) is 5.91. The summed E-state index contributed by atoms with van der Waals surface area (Å²) in [7, 11) is 0. The average Bonchev–Trinajstić information content (AvgIpc) is 3.00. The zero-order valence-electron chi connectivity index (χ0n) is 11.5. The molecule has 1 amide bonds. The quantitative estimate of drug-likeness (QED) is 0.819. The van der Waals surface area contributed by atoms with E-state index in [0.29, 0.717) is 11.1 Å². The standard InChI is InChI=1S/C15H13ClFNO3S/c16-13-7-12(17)2-1-10(13)8-21-14(19)3-5-18-15(20)11-4-6-22-9-11/h1-2,4,6-7,9H,3,5,8H2,(H,18,20). The van der Waals surface area contributed by atoms with Crippen LogP contribution in [0.3, 0.4) is 0 Å². The second-order valence-corrected chi connectivity index (χ2v) is 5.60. The van der Waals surface area contributed by atoms with Crippen molar-refractivity contribution < 1.29 is 18.7 Å². The third kappa shape index (κ3) is 4.82. The molecular formula is C15H13ClFNO3S. The van der Waals surface area contributed by atoms with Gasteiger partial charge in [0.15, 0.2) is 0 Å². The van der Waals surface area contributed by atoms with Gasteiger partial charge in [0, 0.05) is 23.1 Å². The fourth-order valence-corrected chi connectivity index (χ4v) is 2.50. The molecule has 116 valence electrons. The minimum atomic E-state index is -0.467. The summed E-state index contributed by atoms with van der Waals surface area (Å²) in [6, 6.07) is 5.57. The third-order valence-corrected chi connectivity index (χ3v) is 3.84. The van der Waals surface area contributed by atoms with Crippen LogP contribution < -0.4 is 5.32 Å². The van der Waals surface area contributed by atoms with Crippen LogP contribution in [-0.4, -0.2) is 18.4 Å². The topological polar surface area (TPSA) is 55.4 Å². The number of ether oxygens (including phenoxy) is 1. The number of hydrogen-bond donors (Lipinski definition) is 1. The molecule has 22 heavy (non-hydrogen) atoms. The number of carbonyl (C=O) groups excluding carboxylic acids is 2. The van der Waals surface area contributed by atoms with Crippen LogP contribution in [0.1, 0.15) is 22.3 Å². The Balaban J connectivity index is 1.71. The number of rotatable bonds is 6. The minimum Gasteiger partial charge on any atom is -0.461 e. The van der Waals surface area contributed by atoms with Gasteiger partial charge in [-0.15, -0.1) is 0 Å². The van der Waals surface area contributed by atoms with Gasteiger partial charge in [0.1, 0.15) is 12.4 Å². The van der Waals surface area contributed by atoms with E-state index < -0.39 is 11.8 Å². The van der Waals surface area contributed by atoms with Crippen LogP contribution in [0.15, 0.2) is 35.0 Å². The van der Waals surface area contributed by atoms with Crippen molar-refractivity contribution in [1.29, 1.82) is 0 Å². The summed E-state index contributed by atoms with van der Waals surface area (Å²) in [4.78, 5) is 23.2. The van der Waals surface area contributed by atoms with Crippen LogP contribution in [-0.2, 0) is 16.1 Å². The van der Waals surface area contributed by atoms with Gasteiger partial charge >= 0.3 is 5.97 Å². The van der Waals surface area contributed by atoms with Gasteiger partial charge in [-0.25, -0.2) is 4.39 Å². The third-order valence-electron chi connectivity index (χ3n) is 2.80. The first kappa shape index (κ1) is 16.5. The molecule has 0 saturated heterocycles. The van der Waals surface area contributed by atoms with E-state index in [9.17, 15) is 14.0 Å². The normalized spacial score (nSPS) is 10.3. The molecule has 0 spiro atoms. The molecule has 1 N–H and O–H groups in total. The lowest BCUT2D eigenvalue weighted by molar-refractivity contribution is -0.144. The first-order valence-electron chi connectivity index (χ1n) is 6.46. The Morgan fingerprint density at radius 3 is 2.82 bits per heavy atom. The fourth-order valence-electron chi connectivity index (χ4n) is 1.64. The fraction of sp³-hybridized carbons (Fsp3) is 0.200. The van der Waals surface area contributed by atoms with E-state index in [1.54, 1.807) is 16.8 Å². The van der Waals surface area contributed by atoms with Crippen LogP contribution in [0.5, 0.6) is 0 Å². The lowest BCUT2D eigenvalue weighted by atomic mass is 10.2. The highest BCUT2D eigenvalue weighted by Crippen LogP contribution is 2.18. The van der Waals surface area contributed by atoms with Crippen LogP contribution in [0, 0.1) is 5.82 Å². The van der Waals surface area contributed by atoms with Crippen LogP contribution in [0.4, 0.5) is 4.39 Å². The van der Waals surface area contributed by atoms with Crippen LogP contribution in [0.2, 0.25) is 5.02 Å². The Morgan fingerprint density at radius 2 is 2.14 bits per heavy atom. The van der Waals surface area contributed by atoms with Crippen molar-refractivity contribution in [2.75, 3.05) is 6.54 Å². The van der Waals surface area contributed by atoms with Crippen molar-refractivity contribution in [2.24, 2.45) is 0 Å². The molecule has 0 atom stereocenters. The van der Waals surface area contributed by atoms with Gasteiger partial charge in [0.2, 0.25) is 0 Å². The van der Waals surface area contributed by atoms with Crippen LogP contribution >= 0.6 is 22.9 Å². The Morgan fingerprint density at radius 1 is 1.32 bits per heavy atom. The first-order valence-corrected chi connectivity index (χ1v) is 7.78. The van der Waals surface area contributed by atoms with E-state index in [0.717, 1.165) is 6.07 Å². The van der Waals surface area contributed by atoms with Gasteiger partial charge < -0.3 is 10.1 Å². The second-order valence-electron chi connectivity index (χ2n) is 4.41. The molecule has 0 aliphatic heterocycles. The summed E-state index contributed by atoms with van der Waals surface area (Å²) in [6.45, 7) is 0.154. The molecule has 2 rings (SSSR count). The van der Waals surface area contributed by atoms with Crippen molar-refractivity contribution in [2.45, 2.75) is 13.0 Å². The number of thiophene rings is 1. The largest absolute Gasteiger partial charge is 0.461 e. The number of benzene rings is 1. The molecule has 0 aliphatic rings. The molecule has 0 fully saturated rings. The molecule has 0 radical (unpaired) electrons. The summed E-state index contributed by atoms with van der Waals surface area (Å²) in [5.74, 6) is -1.14. The van der Waals surface area contributed by atoms with Crippen LogP contribution in [0.25, 0.3) is 0 Å². The van der Waals surface area contributed by atoms with Gasteiger partial charge in [-0.3, -0.25) is 9.59 Å². The highest BCUT2D eigenvalue weighted by molar-refractivity contribution is 7.08. The van der Waals surface area contributed by atoms with Gasteiger partial charge in [-0.1, -0.05) is 17.7 Å². The molecule has 0 saturated carbocycles. The molecule has 1 heterocycles. The SMILES string of the molecule is O=C(CCNC(=O)c1ccsc1)OCc1ccc(F)cc1Cl. The predicted molar refractivity (Wildman–Crippen MR) is 82.5 cm³/mol. The molecule has 4 nitrogen and oxygen atoms in total. The van der Waals surface area contributed by atoms with E-state index in [2.05, 4.69) is 5.32 Å². The smallest absolute Gasteiger partial charge is 0.307 e. The molecule has 2 aromatic rings. The summed E-state index contributed by atoms with van der Waals surface area (Å²) in [5.41, 5.74) is 1.09. The lowest BCUT2D eigenvalue weighted by Gasteiger charge is -2.07. The lowest BCUT2D eigenvalue weighted by Crippen LogP contribution is -2.26. The van der Waals surface area contributed by atoms with Crippen molar-refractivity contribution in [3.05, 3.63) is 57.0 Å². The van der Waals surface area contributed by atoms with Crippen molar-refractivity contribution in [1.82, 2.24) is 5.32 Å². The number of nitrogens with one attached hydrogen (secondary N) is 1. The van der Waals surface area contributed by atoms with E-state index >= 15 is 0 Å². The van der Waals surface area contributed by atoms with Gasteiger partial charge in [-0.2, -0.15) is 11.3 Å². The average molecular weight is 342 g/mol. The summed E-state index contributed by atoms with van der Waals surface area (Å²) >= 11 is 7.25. The maximum Gasteiger partial charge on any atom is 0.307 e. The van der Waals surface area contributed by atoms with E-state index in [1.807, 2.05) is 0 Å². The van der Waals surface area contributed by atoms with Crippen molar-refractivity contribution in [3.8, 4) is 0 Å². The maximum atomic E-state index is 12.9. The summed E-state index contributed by atoms with van der Waals surface area (Å²) < 4.78 is 17.9. The highest BCUT2D eigenvalue weighted by atomic mass is 35.5. The molecular weight excluding hydrogens is 329 g/mol. The summed E-state index contributed by atoms with van der Waals surface area (Å²) in [5, 5.41) is 6.36. The van der Waals surface area contributed by atoms with Crippen molar-refractivity contribution in [3.63, 3.8) is 0 Å². The zero-order chi connectivity index (χ0) is 15.9. The Hall–Kier alpha value is -1.92. The number of esters is 1. The van der Waals surface area contributed by atoms with Gasteiger partial charge in [-0.05, 0) is 23.6 Å². The number of hydrogen-bond acceptors (Lipinski definition) is 4. The second kappa shape index (κ2) is 7.91. The first-order chi connectivity index (χ1) is 10.6. The Bertz CT molecular complexity index is 661. The zero-order valence-corrected chi connectivity index (χ0v) is 13.0. The molecule has 0 aliphatic carbocycles. The Labute approximate surface area is 135 Å². The monoisotopic (exact) mass is 341 g/mol.